The molecule has 0 aliphatic heterocycles. The number of carbonyl (C=O) groups is 1. The summed E-state index contributed by atoms with van der Waals surface area (Å²) in [5.74, 6) is 2.83. The van der Waals surface area contributed by atoms with Crippen LogP contribution in [0.2, 0.25) is 0 Å². The highest BCUT2D eigenvalue weighted by Gasteiger charge is 2.51. The van der Waals surface area contributed by atoms with Crippen molar-refractivity contribution in [2.24, 2.45) is 17.8 Å². The predicted octanol–water partition coefficient (Wildman–Crippen LogP) is 5.64. The van der Waals surface area contributed by atoms with Gasteiger partial charge in [-0.3, -0.25) is 9.78 Å². The predicted molar refractivity (Wildman–Crippen MR) is 124 cm³/mol. The Balaban J connectivity index is 1.15. The molecule has 4 aliphatic rings. The van der Waals surface area contributed by atoms with Crippen molar-refractivity contribution in [2.45, 2.75) is 63.3 Å². The quantitative estimate of drug-likeness (QED) is 0.550. The summed E-state index contributed by atoms with van der Waals surface area (Å²) in [6.45, 7) is 0. The van der Waals surface area contributed by atoms with Crippen molar-refractivity contribution in [1.82, 2.24) is 15.3 Å². The molecule has 4 saturated carbocycles. The van der Waals surface area contributed by atoms with Gasteiger partial charge in [0.15, 0.2) is 0 Å². The Hall–Kier alpha value is -2.62. The fourth-order valence-corrected chi connectivity index (χ4v) is 7.24. The number of carbonyl (C=O) groups excluding carboxylic acids is 1. The fourth-order valence-electron chi connectivity index (χ4n) is 7.24. The van der Waals surface area contributed by atoms with E-state index in [1.165, 1.54) is 49.5 Å². The highest BCUT2D eigenvalue weighted by molar-refractivity contribution is 5.90. The molecule has 4 aliphatic carbocycles. The van der Waals surface area contributed by atoms with Gasteiger partial charge in [0, 0.05) is 29.1 Å². The monoisotopic (exact) mass is 413 g/mol. The van der Waals surface area contributed by atoms with Crippen molar-refractivity contribution in [1.29, 1.82) is 0 Å². The molecule has 0 radical (unpaired) electrons. The van der Waals surface area contributed by atoms with Gasteiger partial charge in [-0.05, 0) is 92.9 Å². The topological polar surface area (TPSA) is 57.8 Å². The number of pyridine rings is 1. The maximum atomic E-state index is 12.9. The number of amides is 1. The first kappa shape index (κ1) is 19.1. The average molecular weight is 414 g/mol. The molecule has 0 unspecified atom stereocenters. The minimum Gasteiger partial charge on any atom is -0.353 e. The molecule has 160 valence electrons. The first-order chi connectivity index (χ1) is 15.2. The highest BCUT2D eigenvalue weighted by atomic mass is 16.1. The summed E-state index contributed by atoms with van der Waals surface area (Å²) in [4.78, 5) is 21.1. The van der Waals surface area contributed by atoms with E-state index in [1.54, 1.807) is 0 Å². The lowest BCUT2D eigenvalue weighted by Gasteiger charge is -2.56. The van der Waals surface area contributed by atoms with Crippen molar-refractivity contribution >= 4 is 16.8 Å². The van der Waals surface area contributed by atoms with Gasteiger partial charge < -0.3 is 10.3 Å². The summed E-state index contributed by atoms with van der Waals surface area (Å²) in [5, 5.41) is 4.77. The van der Waals surface area contributed by atoms with Gasteiger partial charge in [0.1, 0.15) is 0 Å². The van der Waals surface area contributed by atoms with Gasteiger partial charge in [-0.25, -0.2) is 0 Å². The van der Waals surface area contributed by atoms with Crippen LogP contribution in [-0.2, 0) is 11.2 Å². The van der Waals surface area contributed by atoms with Crippen molar-refractivity contribution < 1.29 is 4.79 Å². The van der Waals surface area contributed by atoms with Crippen LogP contribution in [0.1, 0.15) is 56.9 Å². The Morgan fingerprint density at radius 2 is 1.71 bits per heavy atom. The van der Waals surface area contributed by atoms with E-state index in [2.05, 4.69) is 39.6 Å². The number of H-pyrrole nitrogens is 1. The Kier molecular flexibility index (Phi) is 4.62. The highest BCUT2D eigenvalue weighted by Crippen LogP contribution is 2.55. The van der Waals surface area contributed by atoms with E-state index in [-0.39, 0.29) is 11.4 Å². The smallest absolute Gasteiger partial charge is 0.220 e. The molecular formula is C27H31N3O. The van der Waals surface area contributed by atoms with Crippen LogP contribution in [-0.4, -0.2) is 21.4 Å². The van der Waals surface area contributed by atoms with Gasteiger partial charge >= 0.3 is 0 Å². The molecule has 0 saturated heterocycles. The number of benzene rings is 1. The lowest BCUT2D eigenvalue weighted by Crippen LogP contribution is -2.59. The number of nitrogens with one attached hydrogen (secondary N) is 2. The van der Waals surface area contributed by atoms with Gasteiger partial charge in [0.25, 0.3) is 0 Å². The number of aryl methyl sites for hydroxylation is 1. The van der Waals surface area contributed by atoms with Crippen LogP contribution in [0.15, 0.2) is 48.7 Å². The van der Waals surface area contributed by atoms with Crippen molar-refractivity contribution in [2.75, 3.05) is 0 Å². The van der Waals surface area contributed by atoms with Crippen LogP contribution in [0.3, 0.4) is 0 Å². The van der Waals surface area contributed by atoms with E-state index in [4.69, 9.17) is 0 Å². The minimum atomic E-state index is 0.117. The molecular weight excluding hydrogens is 382 g/mol. The molecule has 1 aromatic carbocycles. The third-order valence-corrected chi connectivity index (χ3v) is 8.01. The van der Waals surface area contributed by atoms with Crippen molar-refractivity contribution in [3.05, 3.63) is 54.2 Å². The second kappa shape index (κ2) is 7.51. The number of para-hydroxylation sites is 1. The molecule has 7 rings (SSSR count). The van der Waals surface area contributed by atoms with Crippen LogP contribution < -0.4 is 5.32 Å². The number of nitrogens with zero attached hydrogens (tertiary/aromatic N) is 1. The second-order valence-electron chi connectivity index (χ2n) is 10.3. The maximum Gasteiger partial charge on any atom is 0.220 e. The van der Waals surface area contributed by atoms with E-state index < -0.39 is 0 Å². The Morgan fingerprint density at radius 3 is 2.42 bits per heavy atom. The third kappa shape index (κ3) is 3.56. The number of aromatic amines is 1. The third-order valence-electron chi connectivity index (χ3n) is 8.01. The van der Waals surface area contributed by atoms with Crippen molar-refractivity contribution in [3.63, 3.8) is 0 Å². The van der Waals surface area contributed by atoms with Crippen molar-refractivity contribution in [3.8, 4) is 11.4 Å². The Labute approximate surface area is 183 Å². The SMILES string of the molecule is O=C(CCCc1c(-c2ccccn2)[nH]c2ccccc12)NC12CC3CC(CC(C3)C1)C2. The van der Waals surface area contributed by atoms with Crippen LogP contribution in [0, 0.1) is 17.8 Å². The Morgan fingerprint density at radius 1 is 1.00 bits per heavy atom. The molecule has 0 atom stereocenters. The number of hydrogen-bond acceptors (Lipinski definition) is 2. The molecule has 31 heavy (non-hydrogen) atoms. The van der Waals surface area contributed by atoms with Gasteiger partial charge in [-0.1, -0.05) is 24.3 Å². The molecule has 4 nitrogen and oxygen atoms in total. The number of fused-ring (bicyclic) bond motifs is 1. The molecule has 4 bridgehead atoms. The summed E-state index contributed by atoms with van der Waals surface area (Å²) in [5.41, 5.74) is 4.58. The first-order valence-corrected chi connectivity index (χ1v) is 12.0. The first-order valence-electron chi connectivity index (χ1n) is 12.0. The molecule has 3 aromatic rings. The molecule has 1 amide bonds. The summed E-state index contributed by atoms with van der Waals surface area (Å²) < 4.78 is 0. The zero-order valence-corrected chi connectivity index (χ0v) is 18.1. The van der Waals surface area contributed by atoms with Gasteiger partial charge in [0.2, 0.25) is 5.91 Å². The summed E-state index contributed by atoms with van der Waals surface area (Å²) >= 11 is 0. The summed E-state index contributed by atoms with van der Waals surface area (Å²) in [7, 11) is 0. The fraction of sp³-hybridized carbons (Fsp3) is 0.481. The van der Waals surface area contributed by atoms with Crippen LogP contribution >= 0.6 is 0 Å². The zero-order valence-electron chi connectivity index (χ0n) is 18.1. The van der Waals surface area contributed by atoms with E-state index in [0.717, 1.165) is 47.5 Å². The standard InChI is InChI=1S/C27H31N3O/c31-25(30-27-15-18-12-19(16-27)14-20(13-18)17-27)10-5-7-22-21-6-1-2-8-23(21)29-26(22)24-9-3-4-11-28-24/h1-4,6,8-9,11,18-20,29H,5,7,10,12-17H2,(H,30,31). The number of rotatable bonds is 6. The molecule has 0 spiro atoms. The zero-order chi connectivity index (χ0) is 20.8. The normalized spacial score (nSPS) is 28.8. The molecule has 2 heterocycles. The van der Waals surface area contributed by atoms with Gasteiger partial charge in [0.05, 0.1) is 11.4 Å². The number of hydrogen-bond donors (Lipinski definition) is 2. The molecule has 2 aromatic heterocycles. The minimum absolute atomic E-state index is 0.117. The van der Waals surface area contributed by atoms with Crippen LogP contribution in [0.5, 0.6) is 0 Å². The van der Waals surface area contributed by atoms with Gasteiger partial charge in [-0.2, -0.15) is 0 Å². The van der Waals surface area contributed by atoms with Crippen LogP contribution in [0.4, 0.5) is 0 Å². The van der Waals surface area contributed by atoms with E-state index in [0.29, 0.717) is 6.42 Å². The van der Waals surface area contributed by atoms with E-state index in [1.807, 2.05) is 24.4 Å². The van der Waals surface area contributed by atoms with Gasteiger partial charge in [-0.15, -0.1) is 0 Å². The average Bonchev–Trinajstić information content (AvgIpc) is 3.12. The summed E-state index contributed by atoms with van der Waals surface area (Å²) in [6.07, 6.45) is 12.1. The molecule has 4 heteroatoms. The molecule has 2 N–H and O–H groups in total. The lowest BCUT2D eigenvalue weighted by atomic mass is 9.53. The maximum absolute atomic E-state index is 12.9. The second-order valence-corrected chi connectivity index (χ2v) is 10.3. The largest absolute Gasteiger partial charge is 0.353 e. The van der Waals surface area contributed by atoms with E-state index in [9.17, 15) is 4.79 Å². The Bertz CT molecular complexity index is 1060. The van der Waals surface area contributed by atoms with E-state index >= 15 is 0 Å². The van der Waals surface area contributed by atoms with Crippen LogP contribution in [0.25, 0.3) is 22.3 Å². The number of aromatic nitrogens is 2. The summed E-state index contributed by atoms with van der Waals surface area (Å²) in [6, 6.07) is 14.4. The lowest BCUT2D eigenvalue weighted by molar-refractivity contribution is -0.126. The molecule has 4 fully saturated rings.